The number of aliphatic hydroxyl groups excluding tert-OH is 4. The fourth-order valence-electron chi connectivity index (χ4n) is 5.89. The number of hydrogen-bond acceptors (Lipinski definition) is 13. The van der Waals surface area contributed by atoms with E-state index in [1.807, 2.05) is 0 Å². The average molecular weight is 759 g/mol. The third-order valence-corrected chi connectivity index (χ3v) is 8.95. The van der Waals surface area contributed by atoms with Crippen LogP contribution < -0.4 is 21.7 Å². The SMILES string of the molecule is CCCCCCCCC=CCCCCCCCC(=O)OC(=O)CC[C@@H](NC(=O)[C@H](CO)NCC(C)O[C@H]1[C@H](O)[C@@H](CO)O[C@H](O)[C@@H]1NC(C)=O)C(N)=O. The lowest BCUT2D eigenvalue weighted by Gasteiger charge is -2.43. The summed E-state index contributed by atoms with van der Waals surface area (Å²) in [6, 6.07) is -3.72. The molecule has 0 spiro atoms. The summed E-state index contributed by atoms with van der Waals surface area (Å²) in [7, 11) is 0. The summed E-state index contributed by atoms with van der Waals surface area (Å²) in [6.45, 7) is 3.58. The first-order chi connectivity index (χ1) is 25.3. The Morgan fingerprint density at radius 2 is 1.43 bits per heavy atom. The van der Waals surface area contributed by atoms with Gasteiger partial charge in [-0.1, -0.05) is 70.4 Å². The maximum Gasteiger partial charge on any atom is 0.313 e. The molecule has 8 atom stereocenters. The van der Waals surface area contributed by atoms with Crippen molar-refractivity contribution in [2.45, 2.75) is 172 Å². The smallest absolute Gasteiger partial charge is 0.313 e. The monoisotopic (exact) mass is 758 g/mol. The highest BCUT2D eigenvalue weighted by atomic mass is 16.6. The number of amides is 3. The van der Waals surface area contributed by atoms with Crippen molar-refractivity contribution in [3.63, 3.8) is 0 Å². The van der Waals surface area contributed by atoms with E-state index in [1.54, 1.807) is 6.92 Å². The molecule has 0 aliphatic carbocycles. The second-order valence-electron chi connectivity index (χ2n) is 13.7. The Hall–Kier alpha value is -2.99. The zero-order valence-corrected chi connectivity index (χ0v) is 31.8. The molecule has 9 N–H and O–H groups in total. The second-order valence-corrected chi connectivity index (χ2v) is 13.7. The molecular formula is C37H66N4O12. The van der Waals surface area contributed by atoms with E-state index in [2.05, 4.69) is 35.0 Å². The van der Waals surface area contributed by atoms with Crippen molar-refractivity contribution < 1.29 is 58.6 Å². The predicted octanol–water partition coefficient (Wildman–Crippen LogP) is 1.14. The second kappa shape index (κ2) is 28.5. The topological polar surface area (TPSA) is 256 Å². The van der Waals surface area contributed by atoms with Crippen LogP contribution in [-0.4, -0.2) is 119 Å². The molecule has 1 aliphatic rings. The van der Waals surface area contributed by atoms with Gasteiger partial charge < -0.3 is 56.3 Å². The molecule has 0 aromatic carbocycles. The van der Waals surface area contributed by atoms with Crippen molar-refractivity contribution >= 4 is 29.7 Å². The van der Waals surface area contributed by atoms with Gasteiger partial charge in [-0.15, -0.1) is 0 Å². The van der Waals surface area contributed by atoms with Crippen LogP contribution in [0.15, 0.2) is 12.2 Å². The first-order valence-electron chi connectivity index (χ1n) is 19.2. The molecule has 1 rings (SSSR count). The molecule has 0 saturated carbocycles. The number of hydrogen-bond donors (Lipinski definition) is 8. The van der Waals surface area contributed by atoms with Crippen LogP contribution in [0.25, 0.3) is 0 Å². The van der Waals surface area contributed by atoms with Crippen LogP contribution in [0.3, 0.4) is 0 Å². The summed E-state index contributed by atoms with van der Waals surface area (Å²) in [5.41, 5.74) is 5.42. The lowest BCUT2D eigenvalue weighted by atomic mass is 9.96. The summed E-state index contributed by atoms with van der Waals surface area (Å²) >= 11 is 0. The van der Waals surface area contributed by atoms with Gasteiger partial charge >= 0.3 is 11.9 Å². The van der Waals surface area contributed by atoms with Crippen LogP contribution in [-0.2, 0) is 38.2 Å². The molecule has 306 valence electrons. The van der Waals surface area contributed by atoms with E-state index >= 15 is 0 Å². The summed E-state index contributed by atoms with van der Waals surface area (Å²) < 4.78 is 15.9. The number of allylic oxidation sites excluding steroid dienone is 2. The number of ether oxygens (including phenoxy) is 3. The number of aliphatic hydroxyl groups is 4. The van der Waals surface area contributed by atoms with Crippen molar-refractivity contribution in [1.82, 2.24) is 16.0 Å². The van der Waals surface area contributed by atoms with Crippen molar-refractivity contribution in [3.8, 4) is 0 Å². The van der Waals surface area contributed by atoms with Gasteiger partial charge in [-0.2, -0.15) is 0 Å². The summed E-state index contributed by atoms with van der Waals surface area (Å²) in [4.78, 5) is 60.9. The minimum atomic E-state index is -1.58. The fraction of sp³-hybridized carbons (Fsp3) is 0.811. The molecule has 1 fully saturated rings. The van der Waals surface area contributed by atoms with Crippen molar-refractivity contribution in [2.24, 2.45) is 5.73 Å². The minimum absolute atomic E-state index is 0.0816. The van der Waals surface area contributed by atoms with E-state index in [-0.39, 0.29) is 25.8 Å². The maximum atomic E-state index is 12.9. The first-order valence-corrected chi connectivity index (χ1v) is 19.2. The molecule has 1 unspecified atom stereocenters. The quantitative estimate of drug-likeness (QED) is 0.0231. The number of esters is 2. The Morgan fingerprint density at radius 3 is 2.00 bits per heavy atom. The maximum absolute atomic E-state index is 12.9. The van der Waals surface area contributed by atoms with Crippen LogP contribution in [0.4, 0.5) is 0 Å². The lowest BCUT2D eigenvalue weighted by molar-refractivity contribution is -0.267. The third kappa shape index (κ3) is 20.9. The van der Waals surface area contributed by atoms with Crippen molar-refractivity contribution in [3.05, 3.63) is 12.2 Å². The Labute approximate surface area is 313 Å². The Morgan fingerprint density at radius 1 is 0.849 bits per heavy atom. The molecular weight excluding hydrogens is 692 g/mol. The van der Waals surface area contributed by atoms with Gasteiger partial charge in [0.15, 0.2) is 6.29 Å². The van der Waals surface area contributed by atoms with E-state index < -0.39 is 91.7 Å². The van der Waals surface area contributed by atoms with Gasteiger partial charge in [0.05, 0.1) is 19.3 Å². The highest BCUT2D eigenvalue weighted by Gasteiger charge is 2.46. The van der Waals surface area contributed by atoms with Gasteiger partial charge in [0, 0.05) is 26.3 Å². The number of nitrogens with one attached hydrogen (secondary N) is 3. The van der Waals surface area contributed by atoms with Crippen LogP contribution in [0.2, 0.25) is 0 Å². The number of nitrogens with two attached hydrogens (primary N) is 1. The molecule has 0 aromatic heterocycles. The minimum Gasteiger partial charge on any atom is -0.394 e. The van der Waals surface area contributed by atoms with Crippen molar-refractivity contribution in [1.29, 1.82) is 0 Å². The number of carbonyl (C=O) groups is 5. The fourth-order valence-corrected chi connectivity index (χ4v) is 5.89. The molecule has 1 heterocycles. The third-order valence-electron chi connectivity index (χ3n) is 8.95. The number of carbonyl (C=O) groups excluding carboxylic acids is 5. The molecule has 16 nitrogen and oxygen atoms in total. The zero-order valence-electron chi connectivity index (χ0n) is 31.8. The molecule has 1 aliphatic heterocycles. The largest absolute Gasteiger partial charge is 0.394 e. The highest BCUT2D eigenvalue weighted by Crippen LogP contribution is 2.23. The molecule has 1 saturated heterocycles. The van der Waals surface area contributed by atoms with Gasteiger partial charge in [-0.05, 0) is 45.4 Å². The van der Waals surface area contributed by atoms with Crippen molar-refractivity contribution in [2.75, 3.05) is 19.8 Å². The predicted molar refractivity (Wildman–Crippen MR) is 196 cm³/mol. The summed E-state index contributed by atoms with van der Waals surface area (Å²) in [5, 5.41) is 47.8. The molecule has 3 amide bonds. The van der Waals surface area contributed by atoms with Crippen LogP contribution in [0.1, 0.15) is 124 Å². The Balaban J connectivity index is 2.38. The van der Waals surface area contributed by atoms with Gasteiger partial charge in [-0.25, -0.2) is 0 Å². The van der Waals surface area contributed by atoms with Gasteiger partial charge in [-0.3, -0.25) is 24.0 Å². The zero-order chi connectivity index (χ0) is 39.6. The van der Waals surface area contributed by atoms with E-state index in [0.29, 0.717) is 6.42 Å². The van der Waals surface area contributed by atoms with Gasteiger partial charge in [0.2, 0.25) is 17.7 Å². The molecule has 53 heavy (non-hydrogen) atoms. The van der Waals surface area contributed by atoms with E-state index in [9.17, 15) is 44.4 Å². The normalized spacial score (nSPS) is 21.8. The average Bonchev–Trinajstić information content (AvgIpc) is 3.11. The van der Waals surface area contributed by atoms with E-state index in [1.165, 1.54) is 45.4 Å². The highest BCUT2D eigenvalue weighted by molar-refractivity contribution is 5.90. The van der Waals surface area contributed by atoms with Crippen LogP contribution in [0, 0.1) is 0 Å². The van der Waals surface area contributed by atoms with Crippen LogP contribution >= 0.6 is 0 Å². The van der Waals surface area contributed by atoms with Gasteiger partial charge in [0.1, 0.15) is 36.4 Å². The van der Waals surface area contributed by atoms with Crippen LogP contribution in [0.5, 0.6) is 0 Å². The molecule has 0 aromatic rings. The number of unbranched alkanes of at least 4 members (excludes halogenated alkanes) is 11. The van der Waals surface area contributed by atoms with E-state index in [0.717, 1.165) is 38.5 Å². The van der Waals surface area contributed by atoms with Gasteiger partial charge in [0.25, 0.3) is 0 Å². The molecule has 0 bridgehead atoms. The molecule has 16 heteroatoms. The number of primary amides is 1. The summed E-state index contributed by atoms with van der Waals surface area (Å²) in [6.07, 6.45) is 12.4. The number of rotatable bonds is 29. The molecule has 0 radical (unpaired) electrons. The Bertz CT molecular complexity index is 1110. The van der Waals surface area contributed by atoms with E-state index in [4.69, 9.17) is 19.9 Å². The summed E-state index contributed by atoms with van der Waals surface area (Å²) in [5.74, 6) is -3.79. The standard InChI is InChI=1S/C37H66N4O12/c1-4-5-6-7-8-9-10-11-12-13-14-15-16-17-18-19-30(45)53-31(46)21-20-27(35(38)48)41-36(49)28(23-42)39-22-25(2)51-34-32(40-26(3)44)37(50)52-29(24-43)33(34)47/h11-12,25,27-29,32-34,37,39,42-43,47,50H,4-10,13-24H2,1-3H3,(H2,38,48)(H,40,44)(H,41,49)/t25?,27-,28+,29-,32-,33-,34-,37+/m1/s1. The first kappa shape index (κ1) is 48.0. The lowest BCUT2D eigenvalue weighted by Crippen LogP contribution is -2.65. The Kier molecular flexibility index (Phi) is 25.8.